The van der Waals surface area contributed by atoms with Crippen molar-refractivity contribution < 1.29 is 26.7 Å². The second kappa shape index (κ2) is 5.47. The maximum Gasteiger partial charge on any atom is 0.416 e. The van der Waals surface area contributed by atoms with Crippen molar-refractivity contribution in [3.05, 3.63) is 29.8 Å². The third-order valence-corrected chi connectivity index (χ3v) is 4.68. The molecule has 0 radical (unpaired) electrons. The summed E-state index contributed by atoms with van der Waals surface area (Å²) in [6, 6.07) is 6.54. The number of anilines is 1. The van der Waals surface area contributed by atoms with Crippen molar-refractivity contribution >= 4 is 15.7 Å². The normalized spacial score (nSPS) is 21.0. The lowest BCUT2D eigenvalue weighted by Crippen LogP contribution is -2.49. The first-order valence-corrected chi connectivity index (χ1v) is 7.79. The molecule has 5 nitrogen and oxygen atoms in total. The Balaban J connectivity index is 2.31. The minimum Gasteiger partial charge on any atom is -0.382 e. The molecule has 21 heavy (non-hydrogen) atoms. The number of nitrogens with two attached hydrogens (primary N) is 1. The van der Waals surface area contributed by atoms with Gasteiger partial charge in [-0.1, -0.05) is 18.2 Å². The van der Waals surface area contributed by atoms with E-state index in [1.54, 1.807) is 24.3 Å². The van der Waals surface area contributed by atoms with E-state index >= 15 is 0 Å². The van der Waals surface area contributed by atoms with Crippen LogP contribution >= 0.6 is 0 Å². The van der Waals surface area contributed by atoms with Crippen LogP contribution in [-0.4, -0.2) is 44.1 Å². The van der Waals surface area contributed by atoms with Crippen LogP contribution in [0.2, 0.25) is 0 Å². The highest BCUT2D eigenvalue weighted by Crippen LogP contribution is 2.30. The van der Waals surface area contributed by atoms with E-state index in [0.29, 0.717) is 11.3 Å². The summed E-state index contributed by atoms with van der Waals surface area (Å²) in [6.07, 6.45) is -7.17. The summed E-state index contributed by atoms with van der Waals surface area (Å²) in [4.78, 5) is 1.21. The van der Waals surface area contributed by atoms with Gasteiger partial charge in [-0.25, -0.2) is 13.6 Å². The van der Waals surface area contributed by atoms with Gasteiger partial charge in [-0.2, -0.15) is 13.2 Å². The standard InChI is InChI=1S/C12H15F3N2O3S/c13-12(14,15)11(18)7-17-6-9(21(16,19)20)5-8-3-1-2-4-10(8)17/h1-4,9,11,18H,5-7H2,(H2,16,19,20)/t9-,11+/m0/s1. The van der Waals surface area contributed by atoms with Crippen LogP contribution in [0.3, 0.4) is 0 Å². The van der Waals surface area contributed by atoms with Crippen LogP contribution in [0.5, 0.6) is 0 Å². The summed E-state index contributed by atoms with van der Waals surface area (Å²) >= 11 is 0. The molecule has 0 saturated heterocycles. The molecular weight excluding hydrogens is 309 g/mol. The highest BCUT2D eigenvalue weighted by atomic mass is 32.2. The zero-order valence-electron chi connectivity index (χ0n) is 10.9. The van der Waals surface area contributed by atoms with Crippen LogP contribution in [0.25, 0.3) is 0 Å². The third-order valence-electron chi connectivity index (χ3n) is 3.44. The van der Waals surface area contributed by atoms with Crippen LogP contribution in [0.15, 0.2) is 24.3 Å². The first-order valence-electron chi connectivity index (χ1n) is 6.18. The van der Waals surface area contributed by atoms with E-state index in [0.717, 1.165) is 0 Å². The minimum absolute atomic E-state index is 0.146. The van der Waals surface area contributed by atoms with E-state index in [-0.39, 0.29) is 13.0 Å². The average Bonchev–Trinajstić information content (AvgIpc) is 2.36. The number of para-hydroxylation sites is 1. The molecule has 0 spiro atoms. The molecule has 1 aliphatic heterocycles. The fourth-order valence-electron chi connectivity index (χ4n) is 2.35. The monoisotopic (exact) mass is 324 g/mol. The zero-order valence-corrected chi connectivity index (χ0v) is 11.7. The van der Waals surface area contributed by atoms with Crippen molar-refractivity contribution in [3.8, 4) is 0 Å². The van der Waals surface area contributed by atoms with Gasteiger partial charge in [0.2, 0.25) is 10.0 Å². The molecule has 0 saturated carbocycles. The molecule has 0 amide bonds. The maximum atomic E-state index is 12.5. The van der Waals surface area contributed by atoms with Gasteiger partial charge in [0.25, 0.3) is 0 Å². The summed E-state index contributed by atoms with van der Waals surface area (Å²) in [7, 11) is -3.88. The number of hydrogen-bond donors (Lipinski definition) is 2. The molecule has 3 N–H and O–H groups in total. The molecule has 2 atom stereocenters. The highest BCUT2D eigenvalue weighted by molar-refractivity contribution is 7.89. The molecule has 118 valence electrons. The van der Waals surface area contributed by atoms with Crippen LogP contribution < -0.4 is 10.0 Å². The Hall–Kier alpha value is -1.32. The lowest BCUT2D eigenvalue weighted by atomic mass is 10.0. The number of alkyl halides is 3. The Kier molecular flexibility index (Phi) is 4.18. The summed E-state index contributed by atoms with van der Waals surface area (Å²) in [5.41, 5.74) is 1.08. The fraction of sp³-hybridized carbons (Fsp3) is 0.500. The SMILES string of the molecule is NS(=O)(=O)[C@H]1Cc2ccccc2N(C[C@@H](O)C(F)(F)F)C1. The smallest absolute Gasteiger partial charge is 0.382 e. The molecule has 0 aliphatic carbocycles. The average molecular weight is 324 g/mol. The first kappa shape index (κ1) is 16.1. The molecule has 0 aromatic heterocycles. The van der Waals surface area contributed by atoms with Gasteiger partial charge in [-0.05, 0) is 18.1 Å². The van der Waals surface area contributed by atoms with Gasteiger partial charge in [0.1, 0.15) is 0 Å². The molecule has 2 rings (SSSR count). The van der Waals surface area contributed by atoms with Gasteiger partial charge in [0.05, 0.1) is 11.8 Å². The predicted molar refractivity (Wildman–Crippen MR) is 71.3 cm³/mol. The number of halogens is 3. The second-order valence-electron chi connectivity index (χ2n) is 5.01. The highest BCUT2D eigenvalue weighted by Gasteiger charge is 2.41. The number of rotatable bonds is 3. The number of aliphatic hydroxyl groups excluding tert-OH is 1. The third kappa shape index (κ3) is 3.66. The summed E-state index contributed by atoms with van der Waals surface area (Å²) in [5, 5.41) is 13.3. The van der Waals surface area contributed by atoms with Crippen LogP contribution in [0.4, 0.5) is 18.9 Å². The Morgan fingerprint density at radius 3 is 2.57 bits per heavy atom. The van der Waals surface area contributed by atoms with Crippen molar-refractivity contribution in [2.24, 2.45) is 5.14 Å². The largest absolute Gasteiger partial charge is 0.416 e. The molecule has 1 aromatic rings. The number of sulfonamides is 1. The van der Waals surface area contributed by atoms with Crippen molar-refractivity contribution in [2.45, 2.75) is 24.0 Å². The molecule has 0 fully saturated rings. The number of hydrogen-bond acceptors (Lipinski definition) is 4. The molecule has 1 heterocycles. The first-order chi connectivity index (χ1) is 9.59. The van der Waals surface area contributed by atoms with Gasteiger partial charge < -0.3 is 10.0 Å². The van der Waals surface area contributed by atoms with E-state index in [1.807, 2.05) is 0 Å². The summed E-state index contributed by atoms with van der Waals surface area (Å²) in [6.45, 7) is -0.907. The zero-order chi connectivity index (χ0) is 15.8. The van der Waals surface area contributed by atoms with Crippen molar-refractivity contribution in [2.75, 3.05) is 18.0 Å². The lowest BCUT2D eigenvalue weighted by Gasteiger charge is -2.36. The van der Waals surface area contributed by atoms with Crippen molar-refractivity contribution in [1.29, 1.82) is 0 Å². The molecule has 9 heteroatoms. The Morgan fingerprint density at radius 1 is 1.38 bits per heavy atom. The summed E-state index contributed by atoms with van der Waals surface area (Å²) in [5.74, 6) is 0. The van der Waals surface area contributed by atoms with Crippen molar-refractivity contribution in [1.82, 2.24) is 0 Å². The van der Waals surface area contributed by atoms with E-state index in [2.05, 4.69) is 0 Å². The molecule has 0 bridgehead atoms. The minimum atomic E-state index is -4.76. The van der Waals surface area contributed by atoms with Gasteiger partial charge in [-0.15, -0.1) is 0 Å². The van der Waals surface area contributed by atoms with Crippen LogP contribution in [0, 0.1) is 0 Å². The second-order valence-corrected chi connectivity index (χ2v) is 6.85. The quantitative estimate of drug-likeness (QED) is 0.854. The molecule has 1 aliphatic rings. The van der Waals surface area contributed by atoms with Gasteiger partial charge in [0.15, 0.2) is 6.10 Å². The number of aliphatic hydroxyl groups is 1. The molecule has 0 unspecified atom stereocenters. The maximum absolute atomic E-state index is 12.5. The predicted octanol–water partition coefficient (Wildman–Crippen LogP) is 0.629. The van der Waals surface area contributed by atoms with E-state index < -0.39 is 34.1 Å². The number of β-amino-alcohol motifs (C(OH)–C–C–N with tert-alkyl or cyclic N) is 1. The number of primary sulfonamides is 1. The van der Waals surface area contributed by atoms with Crippen LogP contribution in [0.1, 0.15) is 5.56 Å². The Morgan fingerprint density at radius 2 is 2.00 bits per heavy atom. The lowest BCUT2D eigenvalue weighted by molar-refractivity contribution is -0.200. The number of nitrogens with zero attached hydrogens (tertiary/aromatic N) is 1. The topological polar surface area (TPSA) is 83.6 Å². The van der Waals surface area contributed by atoms with E-state index in [9.17, 15) is 26.7 Å². The van der Waals surface area contributed by atoms with Crippen LogP contribution in [-0.2, 0) is 16.4 Å². The van der Waals surface area contributed by atoms with Crippen molar-refractivity contribution in [3.63, 3.8) is 0 Å². The Labute approximate surface area is 120 Å². The molecule has 1 aromatic carbocycles. The summed E-state index contributed by atoms with van der Waals surface area (Å²) < 4.78 is 60.5. The molecular formula is C12H15F3N2O3S. The Bertz CT molecular complexity index is 618. The van der Waals surface area contributed by atoms with E-state index in [4.69, 9.17) is 5.14 Å². The number of benzene rings is 1. The van der Waals surface area contributed by atoms with Gasteiger partial charge in [0, 0.05) is 12.2 Å². The fourth-order valence-corrected chi connectivity index (χ4v) is 3.15. The van der Waals surface area contributed by atoms with E-state index in [1.165, 1.54) is 4.90 Å². The van der Waals surface area contributed by atoms with Gasteiger partial charge in [-0.3, -0.25) is 0 Å². The van der Waals surface area contributed by atoms with Gasteiger partial charge >= 0.3 is 6.18 Å². The number of fused-ring (bicyclic) bond motifs is 1.